The van der Waals surface area contributed by atoms with E-state index in [-0.39, 0.29) is 10.6 Å². The highest BCUT2D eigenvalue weighted by Gasteiger charge is 2.46. The Balaban J connectivity index is 1.72. The molecule has 0 saturated heterocycles. The van der Waals surface area contributed by atoms with E-state index in [0.29, 0.717) is 10.0 Å². The lowest BCUT2D eigenvalue weighted by atomic mass is 9.67. The van der Waals surface area contributed by atoms with Crippen LogP contribution in [0.2, 0.25) is 0 Å². The summed E-state index contributed by atoms with van der Waals surface area (Å²) in [4.78, 5) is 11.6. The van der Waals surface area contributed by atoms with Gasteiger partial charge in [-0.2, -0.15) is 0 Å². The van der Waals surface area contributed by atoms with Crippen molar-refractivity contribution in [1.82, 2.24) is 0 Å². The number of nitro groups is 1. The normalized spacial score (nSPS) is 13.2. The van der Waals surface area contributed by atoms with Crippen LogP contribution >= 0.6 is 15.9 Å². The zero-order valence-electron chi connectivity index (χ0n) is 18.7. The van der Waals surface area contributed by atoms with E-state index < -0.39 is 5.41 Å². The number of nitrogens with zero attached hydrogens (tertiary/aromatic N) is 1. The molecule has 0 N–H and O–H groups in total. The zero-order chi connectivity index (χ0) is 24.0. The Kier molecular flexibility index (Phi) is 5.12. The molecule has 5 aromatic carbocycles. The molecule has 0 fully saturated rings. The molecule has 6 rings (SSSR count). The zero-order valence-corrected chi connectivity index (χ0v) is 20.3. The maximum Gasteiger partial charge on any atom is 0.278 e. The molecule has 35 heavy (non-hydrogen) atoms. The van der Waals surface area contributed by atoms with E-state index in [1.807, 2.05) is 30.3 Å². The number of hydrogen-bond acceptors (Lipinski definition) is 2. The van der Waals surface area contributed by atoms with Gasteiger partial charge in [0.25, 0.3) is 5.69 Å². The van der Waals surface area contributed by atoms with Crippen LogP contribution in [0.5, 0.6) is 0 Å². The lowest BCUT2D eigenvalue weighted by Crippen LogP contribution is -2.28. The van der Waals surface area contributed by atoms with E-state index >= 15 is 0 Å². The molecule has 1 aliphatic rings. The van der Waals surface area contributed by atoms with Gasteiger partial charge in [-0.15, -0.1) is 0 Å². The van der Waals surface area contributed by atoms with E-state index in [2.05, 4.69) is 101 Å². The van der Waals surface area contributed by atoms with Crippen LogP contribution in [-0.2, 0) is 5.41 Å². The molecule has 0 radical (unpaired) electrons. The van der Waals surface area contributed by atoms with Crippen LogP contribution in [0, 0.1) is 10.1 Å². The van der Waals surface area contributed by atoms with Crippen molar-refractivity contribution in [3.05, 3.63) is 158 Å². The fraction of sp³-hybridized carbons (Fsp3) is 0.0323. The molecule has 0 aliphatic heterocycles. The first kappa shape index (κ1) is 21.5. The molecule has 0 saturated carbocycles. The average Bonchev–Trinajstić information content (AvgIpc) is 3.20. The lowest BCUT2D eigenvalue weighted by Gasteiger charge is -2.34. The van der Waals surface area contributed by atoms with Crippen LogP contribution in [0.1, 0.15) is 22.3 Å². The van der Waals surface area contributed by atoms with Gasteiger partial charge in [-0.25, -0.2) is 0 Å². The molecule has 1 aliphatic carbocycles. The first-order chi connectivity index (χ1) is 17.1. The SMILES string of the molecule is O=[N+]([O-])c1cc(Br)ccc1-c1ccc2c(c1)C(c1ccccc1)(c1ccccc1)c1ccccc1-2. The predicted molar refractivity (Wildman–Crippen MR) is 144 cm³/mol. The fourth-order valence-corrected chi connectivity index (χ4v) is 5.86. The summed E-state index contributed by atoms with van der Waals surface area (Å²) in [5.41, 5.74) is 8.00. The van der Waals surface area contributed by atoms with Crippen LogP contribution in [-0.4, -0.2) is 4.92 Å². The lowest BCUT2D eigenvalue weighted by molar-refractivity contribution is -0.384. The molecule has 0 heterocycles. The minimum absolute atomic E-state index is 0.0832. The summed E-state index contributed by atoms with van der Waals surface area (Å²) in [7, 11) is 0. The van der Waals surface area contributed by atoms with Crippen molar-refractivity contribution in [2.24, 2.45) is 0 Å². The molecule has 0 amide bonds. The van der Waals surface area contributed by atoms with E-state index in [0.717, 1.165) is 16.7 Å². The summed E-state index contributed by atoms with van der Waals surface area (Å²) < 4.78 is 0.685. The van der Waals surface area contributed by atoms with Crippen LogP contribution in [0.4, 0.5) is 5.69 Å². The number of nitro benzene ring substituents is 1. The van der Waals surface area contributed by atoms with Crippen LogP contribution in [0.15, 0.2) is 126 Å². The Morgan fingerprint density at radius 2 is 1.17 bits per heavy atom. The quantitative estimate of drug-likeness (QED) is 0.174. The van der Waals surface area contributed by atoms with Gasteiger partial charge in [0, 0.05) is 10.5 Å². The molecule has 0 aromatic heterocycles. The van der Waals surface area contributed by atoms with Crippen molar-refractivity contribution in [3.8, 4) is 22.3 Å². The second-order valence-corrected chi connectivity index (χ2v) is 9.62. The van der Waals surface area contributed by atoms with Crippen LogP contribution in [0.3, 0.4) is 0 Å². The Morgan fingerprint density at radius 1 is 0.600 bits per heavy atom. The van der Waals surface area contributed by atoms with Gasteiger partial charge in [0.15, 0.2) is 0 Å². The minimum Gasteiger partial charge on any atom is -0.258 e. The van der Waals surface area contributed by atoms with Crippen LogP contribution in [0.25, 0.3) is 22.3 Å². The van der Waals surface area contributed by atoms with Crippen molar-refractivity contribution in [3.63, 3.8) is 0 Å². The monoisotopic (exact) mass is 517 g/mol. The second kappa shape index (κ2) is 8.33. The third-order valence-electron chi connectivity index (χ3n) is 6.93. The van der Waals surface area contributed by atoms with Crippen LogP contribution < -0.4 is 0 Å². The molecule has 3 nitrogen and oxygen atoms in total. The molecule has 0 atom stereocenters. The molecular formula is C31H20BrNO2. The maximum atomic E-state index is 11.9. The van der Waals surface area contributed by atoms with Gasteiger partial charge in [-0.3, -0.25) is 10.1 Å². The van der Waals surface area contributed by atoms with Crippen molar-refractivity contribution in [1.29, 1.82) is 0 Å². The summed E-state index contributed by atoms with van der Waals surface area (Å²) in [5.74, 6) is 0. The first-order valence-electron chi connectivity index (χ1n) is 11.4. The largest absolute Gasteiger partial charge is 0.278 e. The van der Waals surface area contributed by atoms with Gasteiger partial charge in [-0.1, -0.05) is 113 Å². The van der Waals surface area contributed by atoms with Gasteiger partial charge >= 0.3 is 0 Å². The number of halogens is 1. The highest BCUT2D eigenvalue weighted by Crippen LogP contribution is 2.56. The van der Waals surface area contributed by atoms with Crippen molar-refractivity contribution in [2.75, 3.05) is 0 Å². The molecule has 5 aromatic rings. The second-order valence-electron chi connectivity index (χ2n) is 8.71. The summed E-state index contributed by atoms with van der Waals surface area (Å²) in [6, 6.07) is 41.1. The van der Waals surface area contributed by atoms with E-state index in [1.165, 1.54) is 22.3 Å². The van der Waals surface area contributed by atoms with Gasteiger partial charge < -0.3 is 0 Å². The Hall–Kier alpha value is -4.02. The number of benzene rings is 5. The first-order valence-corrected chi connectivity index (χ1v) is 12.2. The van der Waals surface area contributed by atoms with Gasteiger partial charge in [0.05, 0.1) is 15.9 Å². The number of hydrogen-bond donors (Lipinski definition) is 0. The van der Waals surface area contributed by atoms with Crippen molar-refractivity contribution >= 4 is 21.6 Å². The molecule has 0 unspecified atom stereocenters. The topological polar surface area (TPSA) is 43.1 Å². The third-order valence-corrected chi connectivity index (χ3v) is 7.42. The minimum atomic E-state index is -0.533. The van der Waals surface area contributed by atoms with E-state index in [1.54, 1.807) is 6.07 Å². The molecule has 0 bridgehead atoms. The van der Waals surface area contributed by atoms with Gasteiger partial charge in [0.1, 0.15) is 0 Å². The van der Waals surface area contributed by atoms with Gasteiger partial charge in [0.2, 0.25) is 0 Å². The fourth-order valence-electron chi connectivity index (χ4n) is 5.51. The van der Waals surface area contributed by atoms with E-state index in [4.69, 9.17) is 0 Å². The highest BCUT2D eigenvalue weighted by atomic mass is 79.9. The highest BCUT2D eigenvalue weighted by molar-refractivity contribution is 9.10. The maximum absolute atomic E-state index is 11.9. The van der Waals surface area contributed by atoms with Gasteiger partial charge in [-0.05, 0) is 57.1 Å². The Labute approximate surface area is 212 Å². The number of fused-ring (bicyclic) bond motifs is 3. The molecule has 0 spiro atoms. The standard InChI is InChI=1S/C31H20BrNO2/c32-24-16-18-25(30(20-24)33(34)35)21-15-17-27-26-13-7-8-14-28(26)31(29(27)19-21,22-9-3-1-4-10-22)23-11-5-2-6-12-23/h1-20H. The predicted octanol–water partition coefficient (Wildman–Crippen LogP) is 8.39. The average molecular weight is 518 g/mol. The van der Waals surface area contributed by atoms with Crippen molar-refractivity contribution < 1.29 is 4.92 Å². The smallest absolute Gasteiger partial charge is 0.258 e. The summed E-state index contributed by atoms with van der Waals surface area (Å²) >= 11 is 3.38. The molecule has 4 heteroatoms. The molecule has 168 valence electrons. The summed E-state index contributed by atoms with van der Waals surface area (Å²) in [5, 5.41) is 11.9. The Morgan fingerprint density at radius 3 is 1.83 bits per heavy atom. The molecular weight excluding hydrogens is 498 g/mol. The third kappa shape index (κ3) is 3.25. The Bertz CT molecular complexity index is 1540. The number of rotatable bonds is 4. The summed E-state index contributed by atoms with van der Waals surface area (Å²) in [6.45, 7) is 0. The van der Waals surface area contributed by atoms with Crippen molar-refractivity contribution in [2.45, 2.75) is 5.41 Å². The summed E-state index contributed by atoms with van der Waals surface area (Å²) in [6.07, 6.45) is 0. The van der Waals surface area contributed by atoms with E-state index in [9.17, 15) is 10.1 Å².